The molecule has 0 aromatic heterocycles. The first-order valence-corrected chi connectivity index (χ1v) is 6.21. The van der Waals surface area contributed by atoms with Crippen molar-refractivity contribution >= 4 is 5.91 Å². The smallest absolute Gasteiger partial charge is 0.219 e. The summed E-state index contributed by atoms with van der Waals surface area (Å²) in [5.41, 5.74) is 2.46. The summed E-state index contributed by atoms with van der Waals surface area (Å²) < 4.78 is 10.6. The Morgan fingerprint density at radius 2 is 1.72 bits per heavy atom. The maximum atomic E-state index is 11.4. The van der Waals surface area contributed by atoms with Crippen molar-refractivity contribution in [1.82, 2.24) is 5.32 Å². The number of amides is 1. The molecule has 18 heavy (non-hydrogen) atoms. The maximum Gasteiger partial charge on any atom is 0.219 e. The molecule has 0 radical (unpaired) electrons. The van der Waals surface area contributed by atoms with Crippen LogP contribution in [0.4, 0.5) is 0 Å². The third kappa shape index (κ3) is 2.42. The van der Waals surface area contributed by atoms with Crippen molar-refractivity contribution in [1.29, 1.82) is 0 Å². The average molecular weight is 249 g/mol. The lowest BCUT2D eigenvalue weighted by Crippen LogP contribution is -2.34. The summed E-state index contributed by atoms with van der Waals surface area (Å²) in [6.45, 7) is 1.86. The van der Waals surface area contributed by atoms with E-state index in [1.165, 1.54) is 11.1 Å². The minimum absolute atomic E-state index is 0.103. The van der Waals surface area contributed by atoms with Crippen LogP contribution in [0.1, 0.15) is 24.5 Å². The Labute approximate surface area is 107 Å². The molecule has 0 aliphatic heterocycles. The molecule has 1 aromatic carbocycles. The van der Waals surface area contributed by atoms with Crippen LogP contribution in [0.2, 0.25) is 0 Å². The zero-order valence-electron chi connectivity index (χ0n) is 11.1. The van der Waals surface area contributed by atoms with E-state index in [1.54, 1.807) is 14.2 Å². The fourth-order valence-corrected chi connectivity index (χ4v) is 2.38. The molecular formula is C14H19NO3. The molecule has 4 nitrogen and oxygen atoms in total. The van der Waals surface area contributed by atoms with Crippen molar-refractivity contribution < 1.29 is 14.3 Å². The highest BCUT2D eigenvalue weighted by Crippen LogP contribution is 2.34. The molecule has 1 N–H and O–H groups in total. The van der Waals surface area contributed by atoms with Gasteiger partial charge in [0.15, 0.2) is 11.5 Å². The lowest BCUT2D eigenvalue weighted by molar-refractivity contribution is -0.121. The fourth-order valence-electron chi connectivity index (χ4n) is 2.38. The van der Waals surface area contributed by atoms with Gasteiger partial charge in [0, 0.05) is 12.5 Å². The van der Waals surface area contributed by atoms with E-state index in [1.807, 2.05) is 19.1 Å². The number of hydrogen-bond acceptors (Lipinski definition) is 3. The number of benzene rings is 1. The molecule has 0 spiro atoms. The Balaban J connectivity index is 2.16. The minimum atomic E-state index is 0.103. The van der Waals surface area contributed by atoms with Gasteiger partial charge < -0.3 is 14.8 Å². The first-order valence-electron chi connectivity index (χ1n) is 6.21. The molecule has 0 fully saturated rings. The second-order valence-electron chi connectivity index (χ2n) is 4.50. The van der Waals surface area contributed by atoms with Gasteiger partial charge in [-0.2, -0.15) is 0 Å². The van der Waals surface area contributed by atoms with Crippen LogP contribution in [0.15, 0.2) is 12.1 Å². The number of carbonyl (C=O) groups excluding carboxylic acids is 1. The predicted octanol–water partition coefficient (Wildman–Crippen LogP) is 1.70. The van der Waals surface area contributed by atoms with Gasteiger partial charge in [0.1, 0.15) is 0 Å². The van der Waals surface area contributed by atoms with Crippen LogP contribution in [0.5, 0.6) is 11.5 Å². The number of ether oxygens (including phenoxy) is 2. The van der Waals surface area contributed by atoms with Gasteiger partial charge in [-0.15, -0.1) is 0 Å². The summed E-state index contributed by atoms with van der Waals surface area (Å²) >= 11 is 0. The number of hydrogen-bond donors (Lipinski definition) is 1. The average Bonchev–Trinajstić information content (AvgIpc) is 2.77. The molecule has 0 atom stereocenters. The largest absolute Gasteiger partial charge is 0.493 e. The Morgan fingerprint density at radius 1 is 1.22 bits per heavy atom. The van der Waals surface area contributed by atoms with Crippen LogP contribution in [0.25, 0.3) is 0 Å². The van der Waals surface area contributed by atoms with Crippen LogP contribution >= 0.6 is 0 Å². The predicted molar refractivity (Wildman–Crippen MR) is 69.2 cm³/mol. The van der Waals surface area contributed by atoms with Crippen LogP contribution in [-0.2, 0) is 17.6 Å². The monoisotopic (exact) mass is 249 g/mol. The molecule has 0 bridgehead atoms. The van der Waals surface area contributed by atoms with Gasteiger partial charge in [-0.05, 0) is 36.1 Å². The van der Waals surface area contributed by atoms with E-state index in [9.17, 15) is 4.79 Å². The van der Waals surface area contributed by atoms with E-state index in [0.29, 0.717) is 6.42 Å². The van der Waals surface area contributed by atoms with Gasteiger partial charge in [0.05, 0.1) is 14.2 Å². The zero-order chi connectivity index (χ0) is 13.1. The first-order chi connectivity index (χ1) is 8.67. The summed E-state index contributed by atoms with van der Waals surface area (Å²) in [6.07, 6.45) is 2.25. The number of fused-ring (bicyclic) bond motifs is 1. The van der Waals surface area contributed by atoms with Crippen LogP contribution in [0.3, 0.4) is 0 Å². The molecule has 0 heterocycles. The van der Waals surface area contributed by atoms with Crippen molar-refractivity contribution in [2.75, 3.05) is 14.2 Å². The number of methoxy groups -OCH3 is 2. The summed E-state index contributed by atoms with van der Waals surface area (Å²) in [7, 11) is 3.27. The van der Waals surface area contributed by atoms with E-state index in [-0.39, 0.29) is 11.9 Å². The zero-order valence-corrected chi connectivity index (χ0v) is 11.1. The number of rotatable bonds is 4. The third-order valence-corrected chi connectivity index (χ3v) is 3.32. The lowest BCUT2D eigenvalue weighted by atomic mass is 10.1. The molecule has 0 saturated carbocycles. The number of carbonyl (C=O) groups is 1. The molecule has 1 aliphatic carbocycles. The van der Waals surface area contributed by atoms with E-state index in [4.69, 9.17) is 9.47 Å². The van der Waals surface area contributed by atoms with Crippen LogP contribution in [-0.4, -0.2) is 26.2 Å². The topological polar surface area (TPSA) is 47.6 Å². The van der Waals surface area contributed by atoms with Gasteiger partial charge in [-0.1, -0.05) is 6.92 Å². The highest BCUT2D eigenvalue weighted by atomic mass is 16.5. The first kappa shape index (κ1) is 12.7. The third-order valence-electron chi connectivity index (χ3n) is 3.32. The molecule has 98 valence electrons. The van der Waals surface area contributed by atoms with E-state index in [2.05, 4.69) is 5.32 Å². The van der Waals surface area contributed by atoms with Gasteiger partial charge in [0.2, 0.25) is 5.91 Å². The van der Waals surface area contributed by atoms with Crippen molar-refractivity contribution in [3.05, 3.63) is 23.3 Å². The van der Waals surface area contributed by atoms with Crippen LogP contribution < -0.4 is 14.8 Å². The normalized spacial score (nSPS) is 14.2. The summed E-state index contributed by atoms with van der Waals surface area (Å²) in [5.74, 6) is 1.60. The second-order valence-corrected chi connectivity index (χ2v) is 4.50. The molecule has 1 amide bonds. The number of nitrogens with one attached hydrogen (secondary N) is 1. The van der Waals surface area contributed by atoms with Crippen molar-refractivity contribution in [2.24, 2.45) is 0 Å². The highest BCUT2D eigenvalue weighted by Gasteiger charge is 2.24. The quantitative estimate of drug-likeness (QED) is 0.883. The summed E-state index contributed by atoms with van der Waals surface area (Å²) in [6, 6.07) is 4.21. The van der Waals surface area contributed by atoms with Gasteiger partial charge >= 0.3 is 0 Å². The lowest BCUT2D eigenvalue weighted by Gasteiger charge is -2.10. The van der Waals surface area contributed by atoms with Crippen molar-refractivity contribution in [2.45, 2.75) is 32.2 Å². The molecule has 0 unspecified atom stereocenters. The molecular weight excluding hydrogens is 230 g/mol. The standard InChI is InChI=1S/C14H19NO3/c1-4-14(16)15-11-5-9-7-12(17-2)13(18-3)8-10(9)6-11/h7-8,11H,4-6H2,1-3H3,(H,15,16). The Hall–Kier alpha value is -1.71. The highest BCUT2D eigenvalue weighted by molar-refractivity contribution is 5.76. The molecule has 2 rings (SSSR count). The minimum Gasteiger partial charge on any atom is -0.493 e. The Bertz CT molecular complexity index is 424. The van der Waals surface area contributed by atoms with Crippen molar-refractivity contribution in [3.8, 4) is 11.5 Å². The SMILES string of the molecule is CCC(=O)NC1Cc2cc(OC)c(OC)cc2C1. The molecule has 1 aromatic rings. The summed E-state index contributed by atoms with van der Waals surface area (Å²) in [4.78, 5) is 11.4. The fraction of sp³-hybridized carbons (Fsp3) is 0.500. The second kappa shape index (κ2) is 5.29. The Kier molecular flexibility index (Phi) is 3.75. The molecule has 0 saturated heterocycles. The summed E-state index contributed by atoms with van der Waals surface area (Å²) in [5, 5.41) is 3.03. The molecule has 4 heteroatoms. The molecule has 1 aliphatic rings. The Morgan fingerprint density at radius 3 is 2.11 bits per heavy atom. The maximum absolute atomic E-state index is 11.4. The van der Waals surface area contributed by atoms with E-state index in [0.717, 1.165) is 24.3 Å². The van der Waals surface area contributed by atoms with E-state index >= 15 is 0 Å². The van der Waals surface area contributed by atoms with Gasteiger partial charge in [-0.3, -0.25) is 4.79 Å². The van der Waals surface area contributed by atoms with Gasteiger partial charge in [0.25, 0.3) is 0 Å². The van der Waals surface area contributed by atoms with Crippen LogP contribution in [0, 0.1) is 0 Å². The van der Waals surface area contributed by atoms with Crippen molar-refractivity contribution in [3.63, 3.8) is 0 Å². The van der Waals surface area contributed by atoms with E-state index < -0.39 is 0 Å². The van der Waals surface area contributed by atoms with Gasteiger partial charge in [-0.25, -0.2) is 0 Å².